The van der Waals surface area contributed by atoms with Crippen molar-refractivity contribution in [2.75, 3.05) is 18.6 Å². The molecule has 1 aromatic carbocycles. The molecule has 0 spiro atoms. The fraction of sp³-hybridized carbons (Fsp3) is 0.400. The highest BCUT2D eigenvalue weighted by molar-refractivity contribution is 7.98. The zero-order chi connectivity index (χ0) is 14.8. The third-order valence-corrected chi connectivity index (χ3v) is 5.32. The maximum atomic E-state index is 12.3. The minimum absolute atomic E-state index is 0.106. The van der Waals surface area contributed by atoms with Crippen LogP contribution in [-0.4, -0.2) is 35.2 Å². The first kappa shape index (κ1) is 15.4. The van der Waals surface area contributed by atoms with Gasteiger partial charge in [-0.05, 0) is 37.1 Å². The Labute approximate surface area is 127 Å². The van der Waals surface area contributed by atoms with E-state index in [1.54, 1.807) is 18.7 Å². The van der Waals surface area contributed by atoms with Crippen LogP contribution in [0.2, 0.25) is 0 Å². The molecule has 1 aromatic heterocycles. The van der Waals surface area contributed by atoms with E-state index in [1.165, 1.54) is 11.3 Å². The molecule has 2 rings (SSSR count). The predicted molar refractivity (Wildman–Crippen MR) is 87.9 cm³/mol. The van der Waals surface area contributed by atoms with Crippen molar-refractivity contribution in [2.45, 2.75) is 19.4 Å². The van der Waals surface area contributed by atoms with E-state index in [4.69, 9.17) is 0 Å². The molecule has 2 N–H and O–H groups in total. The van der Waals surface area contributed by atoms with Crippen molar-refractivity contribution in [3.63, 3.8) is 0 Å². The first-order valence-corrected chi connectivity index (χ1v) is 8.63. The molecule has 1 atom stereocenters. The van der Waals surface area contributed by atoms with Gasteiger partial charge >= 0.3 is 0 Å². The van der Waals surface area contributed by atoms with Crippen LogP contribution >= 0.6 is 23.1 Å². The van der Waals surface area contributed by atoms with Crippen LogP contribution in [0.5, 0.6) is 0 Å². The highest BCUT2D eigenvalue weighted by atomic mass is 32.2. The summed E-state index contributed by atoms with van der Waals surface area (Å²) < 4.78 is 1.12. The van der Waals surface area contributed by atoms with Gasteiger partial charge in [-0.1, -0.05) is 18.2 Å². The van der Waals surface area contributed by atoms with E-state index in [2.05, 4.69) is 5.32 Å². The average Bonchev–Trinajstić information content (AvgIpc) is 2.74. The van der Waals surface area contributed by atoms with Gasteiger partial charge in [0.05, 0.1) is 10.5 Å². The first-order chi connectivity index (χ1) is 9.44. The number of carbonyl (C=O) groups excluding carboxylic acids is 1. The summed E-state index contributed by atoms with van der Waals surface area (Å²) in [4.78, 5) is 13.0. The highest BCUT2D eigenvalue weighted by Gasteiger charge is 2.22. The lowest BCUT2D eigenvalue weighted by Gasteiger charge is -2.22. The molecule has 5 heteroatoms. The van der Waals surface area contributed by atoms with E-state index >= 15 is 0 Å². The predicted octanol–water partition coefficient (Wildman–Crippen LogP) is 3.05. The van der Waals surface area contributed by atoms with Gasteiger partial charge in [0.25, 0.3) is 5.91 Å². The first-order valence-electron chi connectivity index (χ1n) is 6.42. The molecule has 0 saturated carbocycles. The topological polar surface area (TPSA) is 49.3 Å². The van der Waals surface area contributed by atoms with Gasteiger partial charge in [-0.2, -0.15) is 11.8 Å². The molecule has 20 heavy (non-hydrogen) atoms. The van der Waals surface area contributed by atoms with Crippen molar-refractivity contribution in [1.82, 2.24) is 5.32 Å². The number of benzene rings is 1. The smallest absolute Gasteiger partial charge is 0.261 e. The number of rotatable bonds is 5. The molecular weight excluding hydrogens is 290 g/mol. The van der Waals surface area contributed by atoms with Crippen LogP contribution in [0, 0.1) is 6.92 Å². The van der Waals surface area contributed by atoms with Gasteiger partial charge in [-0.25, -0.2) is 0 Å². The Kier molecular flexibility index (Phi) is 4.73. The third-order valence-electron chi connectivity index (χ3n) is 3.13. The summed E-state index contributed by atoms with van der Waals surface area (Å²) in [6.07, 6.45) is 1.94. The summed E-state index contributed by atoms with van der Waals surface area (Å²) >= 11 is 3.06. The van der Waals surface area contributed by atoms with Crippen molar-refractivity contribution in [3.05, 3.63) is 34.7 Å². The van der Waals surface area contributed by atoms with Crippen LogP contribution in [0.15, 0.2) is 24.3 Å². The Morgan fingerprint density at radius 1 is 1.45 bits per heavy atom. The second-order valence-corrected chi connectivity index (χ2v) is 7.08. The van der Waals surface area contributed by atoms with Crippen molar-refractivity contribution in [2.24, 2.45) is 0 Å². The Balaban J connectivity index is 2.14. The minimum atomic E-state index is -0.875. The van der Waals surface area contributed by atoms with Crippen LogP contribution in [0.25, 0.3) is 10.1 Å². The van der Waals surface area contributed by atoms with Gasteiger partial charge in [-0.3, -0.25) is 4.79 Å². The van der Waals surface area contributed by atoms with Gasteiger partial charge < -0.3 is 10.4 Å². The van der Waals surface area contributed by atoms with E-state index in [9.17, 15) is 9.90 Å². The molecule has 0 aliphatic heterocycles. The summed E-state index contributed by atoms with van der Waals surface area (Å²) in [7, 11) is 0. The van der Waals surface area contributed by atoms with E-state index in [1.807, 2.05) is 37.4 Å². The van der Waals surface area contributed by atoms with E-state index < -0.39 is 5.60 Å². The summed E-state index contributed by atoms with van der Waals surface area (Å²) in [5.41, 5.74) is 0.132. The number of hydrogen-bond acceptors (Lipinski definition) is 4. The van der Waals surface area contributed by atoms with Crippen LogP contribution in [0.1, 0.15) is 22.2 Å². The second-order valence-electron chi connectivity index (χ2n) is 5.16. The number of amides is 1. The average molecular weight is 309 g/mol. The van der Waals surface area contributed by atoms with Crippen LogP contribution < -0.4 is 5.32 Å². The zero-order valence-corrected chi connectivity index (χ0v) is 13.5. The van der Waals surface area contributed by atoms with E-state index in [0.29, 0.717) is 5.75 Å². The number of aryl methyl sites for hydroxylation is 1. The van der Waals surface area contributed by atoms with Crippen molar-refractivity contribution in [3.8, 4) is 0 Å². The minimum Gasteiger partial charge on any atom is -0.387 e. The number of thioether (sulfide) groups is 1. The Hall–Kier alpha value is -1.04. The maximum absolute atomic E-state index is 12.3. The molecule has 3 nitrogen and oxygen atoms in total. The summed E-state index contributed by atoms with van der Waals surface area (Å²) in [6.45, 7) is 3.97. The lowest BCUT2D eigenvalue weighted by atomic mass is 10.1. The van der Waals surface area contributed by atoms with Gasteiger partial charge in [0, 0.05) is 17.0 Å². The number of nitrogens with one attached hydrogen (secondary N) is 1. The molecule has 0 aliphatic rings. The number of hydrogen-bond donors (Lipinski definition) is 2. The Bertz CT molecular complexity index is 619. The molecule has 0 bridgehead atoms. The fourth-order valence-electron chi connectivity index (χ4n) is 2.10. The second kappa shape index (κ2) is 6.16. The monoisotopic (exact) mass is 309 g/mol. The molecule has 0 aliphatic carbocycles. The molecule has 0 radical (unpaired) electrons. The van der Waals surface area contributed by atoms with Gasteiger partial charge in [0.1, 0.15) is 0 Å². The molecule has 108 valence electrons. The third kappa shape index (κ3) is 3.34. The largest absolute Gasteiger partial charge is 0.387 e. The van der Waals surface area contributed by atoms with Gasteiger partial charge in [-0.15, -0.1) is 11.3 Å². The van der Waals surface area contributed by atoms with Crippen molar-refractivity contribution < 1.29 is 9.90 Å². The van der Waals surface area contributed by atoms with Crippen LogP contribution in [0.3, 0.4) is 0 Å². The Morgan fingerprint density at radius 3 is 2.80 bits per heavy atom. The molecule has 1 unspecified atom stereocenters. The lowest BCUT2D eigenvalue weighted by molar-refractivity contribution is 0.0727. The number of fused-ring (bicyclic) bond motifs is 1. The number of carbonyl (C=O) groups is 1. The molecule has 1 amide bonds. The number of thiophene rings is 1. The fourth-order valence-corrected chi connectivity index (χ4v) is 3.95. The standard InChI is InChI=1S/C15H19NO2S2/c1-10-11-6-4-5-7-12(11)20-13(10)14(17)16-8-15(2,18)9-19-3/h4-7,18H,8-9H2,1-3H3,(H,16,17). The van der Waals surface area contributed by atoms with E-state index in [0.717, 1.165) is 20.5 Å². The van der Waals surface area contributed by atoms with Crippen molar-refractivity contribution in [1.29, 1.82) is 0 Å². The molecular formula is C15H19NO2S2. The molecule has 1 heterocycles. The summed E-state index contributed by atoms with van der Waals surface area (Å²) in [6, 6.07) is 8.01. The number of aliphatic hydroxyl groups is 1. The Morgan fingerprint density at radius 2 is 2.15 bits per heavy atom. The zero-order valence-electron chi connectivity index (χ0n) is 11.9. The molecule has 0 fully saturated rings. The molecule has 2 aromatic rings. The molecule has 0 saturated heterocycles. The summed E-state index contributed by atoms with van der Waals surface area (Å²) in [5, 5.41) is 14.0. The lowest BCUT2D eigenvalue weighted by Crippen LogP contribution is -2.42. The van der Waals surface area contributed by atoms with Gasteiger partial charge in [0.15, 0.2) is 0 Å². The van der Waals surface area contributed by atoms with Gasteiger partial charge in [0.2, 0.25) is 0 Å². The van der Waals surface area contributed by atoms with E-state index in [-0.39, 0.29) is 12.5 Å². The normalized spacial score (nSPS) is 14.2. The quantitative estimate of drug-likeness (QED) is 0.892. The van der Waals surface area contributed by atoms with Crippen LogP contribution in [0.4, 0.5) is 0 Å². The van der Waals surface area contributed by atoms with Crippen molar-refractivity contribution >= 4 is 39.1 Å². The SMILES string of the molecule is CSCC(C)(O)CNC(=O)c1sc2ccccc2c1C. The van der Waals surface area contributed by atoms with Crippen LogP contribution in [-0.2, 0) is 0 Å². The highest BCUT2D eigenvalue weighted by Crippen LogP contribution is 2.30. The summed E-state index contributed by atoms with van der Waals surface area (Å²) in [5.74, 6) is 0.490. The maximum Gasteiger partial charge on any atom is 0.261 e.